The molecular weight excluding hydrogens is 356 g/mol. The van der Waals surface area contributed by atoms with Gasteiger partial charge in [0, 0.05) is 25.9 Å². The van der Waals surface area contributed by atoms with Crippen LogP contribution in [-0.4, -0.2) is 42.8 Å². The molecule has 0 aliphatic heterocycles. The first-order valence-electron chi connectivity index (χ1n) is 7.94. The van der Waals surface area contributed by atoms with Gasteiger partial charge in [0.2, 0.25) is 10.0 Å². The summed E-state index contributed by atoms with van der Waals surface area (Å²) in [5.41, 5.74) is 1.86. The number of rotatable bonds is 7. The molecule has 0 radical (unpaired) electrons. The van der Waals surface area contributed by atoms with Crippen LogP contribution in [0.4, 0.5) is 0 Å². The number of aromatic nitrogens is 1. The molecular formula is C18H22N2O3S2. The second kappa shape index (κ2) is 8.12. The second-order valence-corrected chi connectivity index (χ2v) is 9.31. The highest BCUT2D eigenvalue weighted by Gasteiger charge is 2.20. The summed E-state index contributed by atoms with van der Waals surface area (Å²) in [6.45, 7) is 3.90. The van der Waals surface area contributed by atoms with E-state index in [1.807, 2.05) is 31.2 Å². The molecule has 2 aromatic rings. The van der Waals surface area contributed by atoms with Crippen LogP contribution in [0.15, 0.2) is 52.5 Å². The number of carbonyl (C=O) groups is 1. The number of pyridine rings is 1. The van der Waals surface area contributed by atoms with E-state index in [1.54, 1.807) is 6.07 Å². The first-order chi connectivity index (χ1) is 11.8. The molecule has 134 valence electrons. The van der Waals surface area contributed by atoms with Crippen LogP contribution >= 0.6 is 11.8 Å². The lowest BCUT2D eigenvalue weighted by Crippen LogP contribution is -2.22. The van der Waals surface area contributed by atoms with E-state index in [1.165, 1.54) is 43.7 Å². The summed E-state index contributed by atoms with van der Waals surface area (Å²) in [6.07, 6.45) is 2.26. The van der Waals surface area contributed by atoms with Gasteiger partial charge in [-0.1, -0.05) is 43.0 Å². The van der Waals surface area contributed by atoms with Gasteiger partial charge in [0.15, 0.2) is 5.78 Å². The van der Waals surface area contributed by atoms with Crippen molar-refractivity contribution in [1.29, 1.82) is 0 Å². The zero-order chi connectivity index (χ0) is 18.6. The third kappa shape index (κ3) is 4.68. The van der Waals surface area contributed by atoms with Gasteiger partial charge < -0.3 is 0 Å². The Morgan fingerprint density at radius 3 is 2.28 bits per heavy atom. The molecule has 0 saturated heterocycles. The molecule has 1 atom stereocenters. The molecule has 25 heavy (non-hydrogen) atoms. The number of thioether (sulfide) groups is 1. The first-order valence-corrected chi connectivity index (χ1v) is 10.3. The number of aryl methyl sites for hydroxylation is 1. The largest absolute Gasteiger partial charge is 0.293 e. The Morgan fingerprint density at radius 1 is 1.16 bits per heavy atom. The summed E-state index contributed by atoms with van der Waals surface area (Å²) < 4.78 is 25.2. The molecule has 0 aliphatic carbocycles. The van der Waals surface area contributed by atoms with Crippen molar-refractivity contribution in [2.24, 2.45) is 0 Å². The molecule has 1 aromatic carbocycles. The van der Waals surface area contributed by atoms with Gasteiger partial charge in [0.25, 0.3) is 0 Å². The molecule has 7 heteroatoms. The maximum absolute atomic E-state index is 12.5. The highest BCUT2D eigenvalue weighted by molar-refractivity contribution is 8.00. The molecule has 0 amide bonds. The van der Waals surface area contributed by atoms with Gasteiger partial charge in [-0.15, -0.1) is 0 Å². The number of nitrogens with zero attached hydrogens (tertiary/aromatic N) is 2. The van der Waals surface area contributed by atoms with Crippen molar-refractivity contribution >= 4 is 27.6 Å². The normalized spacial score (nSPS) is 13.0. The number of ketones is 1. The topological polar surface area (TPSA) is 67.3 Å². The minimum absolute atomic E-state index is 0.0273. The molecule has 0 fully saturated rings. The molecule has 0 bridgehead atoms. The number of carbonyl (C=O) groups excluding carboxylic acids is 1. The number of sulfonamides is 1. The number of hydrogen-bond acceptors (Lipinski definition) is 5. The van der Waals surface area contributed by atoms with Crippen LogP contribution < -0.4 is 0 Å². The maximum atomic E-state index is 12.5. The smallest absolute Gasteiger partial charge is 0.244 e. The zero-order valence-corrected chi connectivity index (χ0v) is 16.4. The lowest BCUT2D eigenvalue weighted by Gasteiger charge is -2.12. The van der Waals surface area contributed by atoms with Gasteiger partial charge in [0.1, 0.15) is 4.90 Å². The average molecular weight is 379 g/mol. The van der Waals surface area contributed by atoms with E-state index in [0.29, 0.717) is 10.6 Å². The van der Waals surface area contributed by atoms with Crippen molar-refractivity contribution in [3.05, 3.63) is 53.7 Å². The van der Waals surface area contributed by atoms with Crippen LogP contribution in [0, 0.1) is 0 Å². The van der Waals surface area contributed by atoms with Crippen LogP contribution in [0.25, 0.3) is 0 Å². The molecule has 0 saturated carbocycles. The van der Waals surface area contributed by atoms with E-state index in [2.05, 4.69) is 11.9 Å². The summed E-state index contributed by atoms with van der Waals surface area (Å²) >= 11 is 1.32. The Balaban J connectivity index is 2.09. The summed E-state index contributed by atoms with van der Waals surface area (Å²) in [4.78, 5) is 16.8. The SMILES string of the molecule is CCc1ccc(C(=O)[C@@H](C)Sc2ccc(S(=O)(=O)N(C)C)cn2)cc1. The van der Waals surface area contributed by atoms with Crippen LogP contribution in [0.1, 0.15) is 29.8 Å². The molecule has 5 nitrogen and oxygen atoms in total. The van der Waals surface area contributed by atoms with E-state index in [9.17, 15) is 13.2 Å². The fourth-order valence-corrected chi connectivity index (χ4v) is 3.89. The Morgan fingerprint density at radius 2 is 1.80 bits per heavy atom. The first kappa shape index (κ1) is 19.6. The van der Waals surface area contributed by atoms with Crippen LogP contribution in [0.3, 0.4) is 0 Å². The zero-order valence-electron chi connectivity index (χ0n) is 14.8. The minimum atomic E-state index is -3.49. The predicted molar refractivity (Wildman–Crippen MR) is 101 cm³/mol. The molecule has 1 heterocycles. The Bertz CT molecular complexity index is 830. The summed E-state index contributed by atoms with van der Waals surface area (Å²) in [6, 6.07) is 10.8. The Labute approximate surface area is 153 Å². The van der Waals surface area contributed by atoms with Crippen LogP contribution in [0.5, 0.6) is 0 Å². The fraction of sp³-hybridized carbons (Fsp3) is 0.333. The summed E-state index contributed by atoms with van der Waals surface area (Å²) in [5.74, 6) is 0.0273. The Kier molecular flexibility index (Phi) is 6.37. The van der Waals surface area contributed by atoms with Gasteiger partial charge in [-0.2, -0.15) is 0 Å². The standard InChI is InChI=1S/C18H22N2O3S2/c1-5-14-6-8-15(9-7-14)18(21)13(2)24-17-11-10-16(12-19-17)25(22,23)20(3)4/h6-13H,5H2,1-4H3/t13-/m1/s1. The fourth-order valence-electron chi connectivity index (χ4n) is 2.17. The molecule has 1 aromatic heterocycles. The summed E-state index contributed by atoms with van der Waals surface area (Å²) in [5, 5.41) is 0.306. The quantitative estimate of drug-likeness (QED) is 0.546. The molecule has 0 N–H and O–H groups in total. The predicted octanol–water partition coefficient (Wildman–Crippen LogP) is 3.26. The van der Waals surface area contributed by atoms with E-state index >= 15 is 0 Å². The molecule has 2 rings (SSSR count). The average Bonchev–Trinajstić information content (AvgIpc) is 2.61. The van der Waals surface area contributed by atoms with Crippen molar-refractivity contribution in [3.8, 4) is 0 Å². The lowest BCUT2D eigenvalue weighted by atomic mass is 10.1. The monoisotopic (exact) mass is 378 g/mol. The van der Waals surface area contributed by atoms with Gasteiger partial charge in [-0.25, -0.2) is 17.7 Å². The minimum Gasteiger partial charge on any atom is -0.293 e. The van der Waals surface area contributed by atoms with Crippen molar-refractivity contribution in [2.75, 3.05) is 14.1 Å². The molecule has 0 aliphatic rings. The van der Waals surface area contributed by atoms with E-state index in [-0.39, 0.29) is 15.9 Å². The third-order valence-corrected chi connectivity index (χ3v) is 6.65. The third-order valence-electron chi connectivity index (χ3n) is 3.80. The van der Waals surface area contributed by atoms with Gasteiger partial charge >= 0.3 is 0 Å². The van der Waals surface area contributed by atoms with Crippen LogP contribution in [-0.2, 0) is 16.4 Å². The number of benzene rings is 1. The molecule has 0 spiro atoms. The van der Waals surface area contributed by atoms with Crippen molar-refractivity contribution in [1.82, 2.24) is 9.29 Å². The number of hydrogen-bond donors (Lipinski definition) is 0. The summed E-state index contributed by atoms with van der Waals surface area (Å²) in [7, 11) is -0.544. The van der Waals surface area contributed by atoms with E-state index in [4.69, 9.17) is 0 Å². The Hall–Kier alpha value is -1.70. The maximum Gasteiger partial charge on any atom is 0.244 e. The number of Topliss-reactive ketones (excluding diaryl/α,β-unsaturated/α-hetero) is 1. The highest BCUT2D eigenvalue weighted by Crippen LogP contribution is 2.25. The van der Waals surface area contributed by atoms with Crippen molar-refractivity contribution < 1.29 is 13.2 Å². The van der Waals surface area contributed by atoms with E-state index < -0.39 is 10.0 Å². The highest BCUT2D eigenvalue weighted by atomic mass is 32.2. The van der Waals surface area contributed by atoms with Crippen LogP contribution in [0.2, 0.25) is 0 Å². The lowest BCUT2D eigenvalue weighted by molar-refractivity contribution is 0.0994. The van der Waals surface area contributed by atoms with Crippen molar-refractivity contribution in [3.63, 3.8) is 0 Å². The van der Waals surface area contributed by atoms with Crippen molar-refractivity contribution in [2.45, 2.75) is 35.4 Å². The van der Waals surface area contributed by atoms with Gasteiger partial charge in [-0.05, 0) is 31.0 Å². The second-order valence-electron chi connectivity index (χ2n) is 5.79. The van der Waals surface area contributed by atoms with Gasteiger partial charge in [-0.3, -0.25) is 4.79 Å². The van der Waals surface area contributed by atoms with E-state index in [0.717, 1.165) is 10.7 Å². The molecule has 0 unspecified atom stereocenters. The van der Waals surface area contributed by atoms with Gasteiger partial charge in [0.05, 0.1) is 10.3 Å².